The zero-order valence-electron chi connectivity index (χ0n) is 18.5. The van der Waals surface area contributed by atoms with Crippen LogP contribution in [0.5, 0.6) is 0 Å². The molecule has 1 unspecified atom stereocenters. The average Bonchev–Trinajstić information content (AvgIpc) is 3.13. The van der Waals surface area contributed by atoms with E-state index in [2.05, 4.69) is 53.8 Å². The molecule has 1 saturated heterocycles. The number of hydrogen-bond acceptors (Lipinski definition) is 6. The molecule has 1 fully saturated rings. The average molecular weight is 458 g/mol. The minimum Gasteiger partial charge on any atom is -0.466 e. The molecule has 1 aliphatic heterocycles. The van der Waals surface area contributed by atoms with Crippen LogP contribution in [0.3, 0.4) is 0 Å². The van der Waals surface area contributed by atoms with Crippen molar-refractivity contribution >= 4 is 44.9 Å². The molecule has 0 aliphatic carbocycles. The lowest BCUT2D eigenvalue weighted by atomic mass is 9.96. The molecule has 7 heteroatoms. The van der Waals surface area contributed by atoms with Gasteiger partial charge in [-0.2, -0.15) is 4.98 Å². The Bertz CT molecular complexity index is 1130. The van der Waals surface area contributed by atoms with Crippen LogP contribution in [0.2, 0.25) is 5.28 Å². The normalized spacial score (nSPS) is 16.7. The van der Waals surface area contributed by atoms with Gasteiger partial charge in [-0.1, -0.05) is 25.1 Å². The molecule has 0 bridgehead atoms. The molecule has 2 aromatic heterocycles. The molecule has 4 rings (SSSR count). The van der Waals surface area contributed by atoms with Crippen molar-refractivity contribution < 1.29 is 9.53 Å². The Kier molecular flexibility index (Phi) is 6.49. The second-order valence-electron chi connectivity index (χ2n) is 8.09. The number of aromatic nitrogens is 2. The van der Waals surface area contributed by atoms with E-state index < -0.39 is 0 Å². The zero-order valence-corrected chi connectivity index (χ0v) is 20.1. The Balaban J connectivity index is 1.86. The largest absolute Gasteiger partial charge is 0.466 e. The monoisotopic (exact) mass is 457 g/mol. The summed E-state index contributed by atoms with van der Waals surface area (Å²) >= 11 is 8.04. The highest BCUT2D eigenvalue weighted by Gasteiger charge is 2.30. The molecule has 0 amide bonds. The number of esters is 1. The fourth-order valence-electron chi connectivity index (χ4n) is 4.31. The van der Waals surface area contributed by atoms with Gasteiger partial charge < -0.3 is 9.64 Å². The van der Waals surface area contributed by atoms with Crippen LogP contribution in [0.15, 0.2) is 18.2 Å². The highest BCUT2D eigenvalue weighted by atomic mass is 35.5. The van der Waals surface area contributed by atoms with Gasteiger partial charge in [0.25, 0.3) is 0 Å². The van der Waals surface area contributed by atoms with Crippen molar-refractivity contribution in [1.82, 2.24) is 9.97 Å². The fourth-order valence-corrected chi connectivity index (χ4v) is 5.65. The van der Waals surface area contributed by atoms with Crippen molar-refractivity contribution in [2.45, 2.75) is 47.0 Å². The number of aryl methyl sites for hydroxylation is 3. The van der Waals surface area contributed by atoms with Crippen LogP contribution >= 0.6 is 22.9 Å². The zero-order chi connectivity index (χ0) is 22.1. The first kappa shape index (κ1) is 22.0. The minimum absolute atomic E-state index is 0.127. The highest BCUT2D eigenvalue weighted by molar-refractivity contribution is 7.19. The molecular weight excluding hydrogens is 430 g/mol. The van der Waals surface area contributed by atoms with Gasteiger partial charge >= 0.3 is 5.97 Å². The van der Waals surface area contributed by atoms with E-state index in [-0.39, 0.29) is 17.2 Å². The van der Waals surface area contributed by atoms with Crippen molar-refractivity contribution in [2.24, 2.45) is 5.92 Å². The number of benzene rings is 1. The molecule has 0 radical (unpaired) electrons. The van der Waals surface area contributed by atoms with E-state index >= 15 is 0 Å². The van der Waals surface area contributed by atoms with Crippen molar-refractivity contribution in [3.05, 3.63) is 39.5 Å². The molecule has 3 aromatic rings. The van der Waals surface area contributed by atoms with Crippen molar-refractivity contribution in [3.8, 4) is 11.1 Å². The number of nitrogens with zero attached hydrogens (tertiary/aromatic N) is 3. The summed E-state index contributed by atoms with van der Waals surface area (Å²) in [6, 6.07) is 6.59. The lowest BCUT2D eigenvalue weighted by molar-refractivity contribution is -0.148. The summed E-state index contributed by atoms with van der Waals surface area (Å²) < 4.78 is 5.29. The van der Waals surface area contributed by atoms with Gasteiger partial charge in [-0.25, -0.2) is 4.98 Å². The van der Waals surface area contributed by atoms with E-state index in [1.807, 2.05) is 6.92 Å². The predicted molar refractivity (Wildman–Crippen MR) is 128 cm³/mol. The van der Waals surface area contributed by atoms with E-state index in [1.54, 1.807) is 11.3 Å². The summed E-state index contributed by atoms with van der Waals surface area (Å²) in [4.78, 5) is 26.0. The fraction of sp³-hybridized carbons (Fsp3) is 0.458. The quantitative estimate of drug-likeness (QED) is 0.349. The van der Waals surface area contributed by atoms with E-state index in [9.17, 15) is 4.79 Å². The van der Waals surface area contributed by atoms with Crippen LogP contribution in [-0.2, 0) is 16.0 Å². The van der Waals surface area contributed by atoms with Gasteiger partial charge in [0.05, 0.1) is 17.9 Å². The van der Waals surface area contributed by atoms with Crippen molar-refractivity contribution in [3.63, 3.8) is 0 Å². The number of carbonyl (C=O) groups is 1. The number of fused-ring (bicyclic) bond motifs is 1. The molecule has 5 nitrogen and oxygen atoms in total. The minimum atomic E-state index is -0.146. The van der Waals surface area contributed by atoms with Gasteiger partial charge in [-0.05, 0) is 68.3 Å². The standard InChI is InChI=1S/C24H28ClN3O2S/c1-5-18-19(16-10-9-14(3)15(4)12-16)20-21(26-24(25)27-22(20)31-18)28-11-7-8-17(13-28)23(29)30-6-2/h9-10,12,17H,5-8,11,13H2,1-4H3. The first-order valence-corrected chi connectivity index (χ1v) is 12.1. The number of halogens is 1. The molecule has 1 aromatic carbocycles. The van der Waals surface area contributed by atoms with Crippen molar-refractivity contribution in [1.29, 1.82) is 0 Å². The maximum Gasteiger partial charge on any atom is 0.310 e. The number of hydrogen-bond donors (Lipinski definition) is 0. The molecule has 31 heavy (non-hydrogen) atoms. The van der Waals surface area contributed by atoms with E-state index in [4.69, 9.17) is 16.3 Å². The number of anilines is 1. The number of ether oxygens (including phenoxy) is 1. The summed E-state index contributed by atoms with van der Waals surface area (Å²) in [6.45, 7) is 10.1. The van der Waals surface area contributed by atoms with Gasteiger partial charge in [0, 0.05) is 23.5 Å². The van der Waals surface area contributed by atoms with E-state index in [0.717, 1.165) is 41.8 Å². The van der Waals surface area contributed by atoms with Gasteiger partial charge in [0.1, 0.15) is 10.6 Å². The summed E-state index contributed by atoms with van der Waals surface area (Å²) in [7, 11) is 0. The second kappa shape index (κ2) is 9.13. The first-order valence-electron chi connectivity index (χ1n) is 10.9. The van der Waals surface area contributed by atoms with Crippen molar-refractivity contribution in [2.75, 3.05) is 24.6 Å². The Labute approximate surface area is 192 Å². The first-order chi connectivity index (χ1) is 14.9. The second-order valence-corrected chi connectivity index (χ2v) is 9.51. The maximum atomic E-state index is 12.4. The Morgan fingerprint density at radius 1 is 1.26 bits per heavy atom. The van der Waals surface area contributed by atoms with E-state index in [0.29, 0.717) is 13.2 Å². The molecule has 3 heterocycles. The Hall–Kier alpha value is -2.18. The van der Waals surface area contributed by atoms with Crippen LogP contribution in [0, 0.1) is 19.8 Å². The topological polar surface area (TPSA) is 55.3 Å². The molecule has 0 N–H and O–H groups in total. The van der Waals surface area contributed by atoms with Crippen LogP contribution in [0.25, 0.3) is 21.3 Å². The lowest BCUT2D eigenvalue weighted by Crippen LogP contribution is -2.40. The molecular formula is C24H28ClN3O2S. The number of piperidine rings is 1. The molecule has 0 saturated carbocycles. The highest BCUT2D eigenvalue weighted by Crippen LogP contribution is 2.44. The third-order valence-corrected chi connectivity index (χ3v) is 7.43. The molecule has 0 spiro atoms. The lowest BCUT2D eigenvalue weighted by Gasteiger charge is -2.33. The molecule has 164 valence electrons. The van der Waals surface area contributed by atoms with Crippen LogP contribution in [0.1, 0.15) is 42.7 Å². The number of carbonyl (C=O) groups excluding carboxylic acids is 1. The summed E-state index contributed by atoms with van der Waals surface area (Å²) in [6.07, 6.45) is 2.66. The van der Waals surface area contributed by atoms with Gasteiger partial charge in [0.15, 0.2) is 0 Å². The predicted octanol–water partition coefficient (Wildman–Crippen LogP) is 5.97. The number of rotatable bonds is 5. The summed E-state index contributed by atoms with van der Waals surface area (Å²) in [5.41, 5.74) is 4.90. The van der Waals surface area contributed by atoms with Gasteiger partial charge in [0.2, 0.25) is 5.28 Å². The molecule has 1 atom stereocenters. The Morgan fingerprint density at radius 2 is 2.06 bits per heavy atom. The maximum absolute atomic E-state index is 12.4. The summed E-state index contributed by atoms with van der Waals surface area (Å²) in [5.74, 6) is 0.553. The Morgan fingerprint density at radius 3 is 2.77 bits per heavy atom. The van der Waals surface area contributed by atoms with Gasteiger partial charge in [-0.3, -0.25) is 4.79 Å². The van der Waals surface area contributed by atoms with Gasteiger partial charge in [-0.15, -0.1) is 11.3 Å². The third kappa shape index (κ3) is 4.28. The SMILES string of the molecule is CCOC(=O)C1CCCN(c2nc(Cl)nc3sc(CC)c(-c4ccc(C)c(C)c4)c23)C1. The summed E-state index contributed by atoms with van der Waals surface area (Å²) in [5, 5.41) is 1.29. The number of thiophene rings is 1. The van der Waals surface area contributed by atoms with E-state index in [1.165, 1.54) is 27.1 Å². The van der Waals surface area contributed by atoms with Crippen LogP contribution < -0.4 is 4.90 Å². The smallest absolute Gasteiger partial charge is 0.310 e. The molecule has 1 aliphatic rings. The third-order valence-electron chi connectivity index (χ3n) is 6.04. The van der Waals surface area contributed by atoms with Crippen LogP contribution in [0.4, 0.5) is 5.82 Å². The van der Waals surface area contributed by atoms with Crippen LogP contribution in [-0.4, -0.2) is 35.6 Å².